The molecule has 0 saturated carbocycles. The van der Waals surface area contributed by atoms with E-state index in [1.165, 1.54) is 11.1 Å². The minimum absolute atomic E-state index is 0.0235. The van der Waals surface area contributed by atoms with E-state index < -0.39 is 57.1 Å². The number of phosphoric acid groups is 1. The third-order valence-electron chi connectivity index (χ3n) is 11.4. The molecule has 1 aliphatic rings. The standard InChI is InChI=1S/C48H84NO13P/c1-8-10-19-25-39(50)30-31-45-41(42(51)34-48(54)62-45)26-20-17-18-23-29-47(53)60-40(36-59-63(55,56)58-33-32-49(5,6)7)35-57-46(52)28-22-16-14-12-11-13-15-21-27-44-38(4)37(3)43(61-44)24-9-2/h17,20,30-31,39-42,45,48,50-51,54H,8-16,18-19,21-29,32-36H2,1-7H3/b20-17-,31-30+/t39-,40+,41-,42-,45+,48?/m0/s1. The Bertz CT molecular complexity index is 1520. The number of carbonyl (C=O) groups is 2. The Morgan fingerprint density at radius 1 is 0.841 bits per heavy atom. The van der Waals surface area contributed by atoms with Crippen LogP contribution in [0.5, 0.6) is 0 Å². The molecular formula is C48H84NO13P. The zero-order chi connectivity index (χ0) is 46.7. The van der Waals surface area contributed by atoms with Gasteiger partial charge in [0.05, 0.1) is 46.1 Å². The molecule has 364 valence electrons. The fraction of sp³-hybridized carbons (Fsp3) is 0.792. The first-order chi connectivity index (χ1) is 29.9. The summed E-state index contributed by atoms with van der Waals surface area (Å²) in [6.45, 7) is 8.00. The van der Waals surface area contributed by atoms with Crippen molar-refractivity contribution in [2.45, 2.75) is 193 Å². The summed E-state index contributed by atoms with van der Waals surface area (Å²) in [6, 6.07) is 0. The molecule has 15 heteroatoms. The van der Waals surface area contributed by atoms with Crippen molar-refractivity contribution in [3.8, 4) is 0 Å². The number of nitrogens with zero attached hydrogens (tertiary/aromatic N) is 1. The molecule has 0 aromatic carbocycles. The third-order valence-corrected chi connectivity index (χ3v) is 12.4. The number of allylic oxidation sites excluding steroid dienone is 2. The SMILES string of the molecule is CCCCC[C@H](O)/C=C/[C@H]1OC(O)C[C@H](O)[C@@H]1C/C=C\CCCC(=O)O[C@H](COC(=O)CCCCCCCCCCc1oc(CCC)c(C)c1C)COP(=O)([O-])OCC[N+](C)(C)C. The Labute approximate surface area is 378 Å². The van der Waals surface area contributed by atoms with E-state index in [2.05, 4.69) is 27.7 Å². The maximum Gasteiger partial charge on any atom is 0.306 e. The molecule has 1 fully saturated rings. The number of rotatable bonds is 35. The second-order valence-electron chi connectivity index (χ2n) is 18.2. The normalized spacial score (nSPS) is 20.3. The maximum atomic E-state index is 12.9. The smallest absolute Gasteiger partial charge is 0.306 e. The maximum absolute atomic E-state index is 12.9. The van der Waals surface area contributed by atoms with Gasteiger partial charge in [0, 0.05) is 38.0 Å². The molecule has 1 aliphatic heterocycles. The molecule has 7 atom stereocenters. The number of aryl methyl sites for hydroxylation is 2. The van der Waals surface area contributed by atoms with Crippen molar-refractivity contribution in [1.82, 2.24) is 0 Å². The van der Waals surface area contributed by atoms with Gasteiger partial charge in [0.1, 0.15) is 31.3 Å². The Hall–Kier alpha value is -2.39. The van der Waals surface area contributed by atoms with Gasteiger partial charge in [-0.15, -0.1) is 0 Å². The minimum atomic E-state index is -4.72. The van der Waals surface area contributed by atoms with Crippen LogP contribution < -0.4 is 4.89 Å². The number of esters is 2. The number of unbranched alkanes of at least 4 members (excludes halogenated alkanes) is 10. The number of furan rings is 1. The molecule has 1 aromatic rings. The first-order valence-electron chi connectivity index (χ1n) is 23.8. The van der Waals surface area contributed by atoms with E-state index in [9.17, 15) is 34.4 Å². The Morgan fingerprint density at radius 3 is 2.16 bits per heavy atom. The van der Waals surface area contributed by atoms with Crippen molar-refractivity contribution in [1.29, 1.82) is 0 Å². The number of likely N-dealkylation sites (N-methyl/N-ethyl adjacent to an activating group) is 1. The van der Waals surface area contributed by atoms with Crippen molar-refractivity contribution in [3.05, 3.63) is 47.0 Å². The van der Waals surface area contributed by atoms with Crippen molar-refractivity contribution in [3.63, 3.8) is 0 Å². The van der Waals surface area contributed by atoms with Crippen LogP contribution in [-0.4, -0.2) is 110 Å². The number of quaternary nitrogens is 1. The van der Waals surface area contributed by atoms with Gasteiger partial charge in [-0.1, -0.05) is 95.9 Å². The highest BCUT2D eigenvalue weighted by Gasteiger charge is 2.35. The number of ether oxygens (including phenoxy) is 3. The Kier molecular flexibility index (Phi) is 28.4. The zero-order valence-corrected chi connectivity index (χ0v) is 40.7. The summed E-state index contributed by atoms with van der Waals surface area (Å²) in [6.07, 6.45) is 19.6. The molecule has 2 rings (SSSR count). The second-order valence-corrected chi connectivity index (χ2v) is 19.6. The first kappa shape index (κ1) is 56.7. The quantitative estimate of drug-likeness (QED) is 0.0194. The van der Waals surface area contributed by atoms with Crippen LogP contribution in [-0.2, 0) is 50.3 Å². The van der Waals surface area contributed by atoms with Crippen LogP contribution in [0.1, 0.15) is 158 Å². The van der Waals surface area contributed by atoms with Gasteiger partial charge >= 0.3 is 11.9 Å². The fourth-order valence-corrected chi connectivity index (χ4v) is 8.12. The van der Waals surface area contributed by atoms with Crippen molar-refractivity contribution in [2.24, 2.45) is 5.92 Å². The molecule has 0 aliphatic carbocycles. The fourth-order valence-electron chi connectivity index (χ4n) is 7.39. The predicted molar refractivity (Wildman–Crippen MR) is 243 cm³/mol. The van der Waals surface area contributed by atoms with E-state index in [0.29, 0.717) is 43.1 Å². The zero-order valence-electron chi connectivity index (χ0n) is 39.8. The van der Waals surface area contributed by atoms with Crippen LogP contribution in [0, 0.1) is 19.8 Å². The molecule has 63 heavy (non-hydrogen) atoms. The number of phosphoric ester groups is 1. The minimum Gasteiger partial charge on any atom is -0.756 e. The van der Waals surface area contributed by atoms with Gasteiger partial charge in [-0.3, -0.25) is 14.2 Å². The summed E-state index contributed by atoms with van der Waals surface area (Å²) < 4.78 is 45.7. The van der Waals surface area contributed by atoms with Crippen molar-refractivity contribution < 1.29 is 66.5 Å². The molecule has 0 spiro atoms. The number of hydrogen-bond acceptors (Lipinski definition) is 13. The van der Waals surface area contributed by atoms with Gasteiger partial charge in [-0.25, -0.2) is 0 Å². The van der Waals surface area contributed by atoms with Crippen LogP contribution in [0.25, 0.3) is 0 Å². The lowest BCUT2D eigenvalue weighted by Crippen LogP contribution is -2.43. The third kappa shape index (κ3) is 25.8. The average molecular weight is 914 g/mol. The summed E-state index contributed by atoms with van der Waals surface area (Å²) in [5.41, 5.74) is 2.59. The lowest BCUT2D eigenvalue weighted by molar-refractivity contribution is -0.870. The highest BCUT2D eigenvalue weighted by molar-refractivity contribution is 7.45. The molecule has 1 aromatic heterocycles. The number of carbonyl (C=O) groups excluding carboxylic acids is 2. The van der Waals surface area contributed by atoms with Crippen molar-refractivity contribution in [2.75, 3.05) is 47.5 Å². The van der Waals surface area contributed by atoms with E-state index in [0.717, 1.165) is 95.0 Å². The molecule has 1 saturated heterocycles. The van der Waals surface area contributed by atoms with Crippen molar-refractivity contribution >= 4 is 19.8 Å². The van der Waals surface area contributed by atoms with Gasteiger partial charge in [-0.05, 0) is 69.9 Å². The molecule has 0 radical (unpaired) electrons. The van der Waals surface area contributed by atoms with Gasteiger partial charge in [0.2, 0.25) is 0 Å². The summed E-state index contributed by atoms with van der Waals surface area (Å²) in [5, 5.41) is 31.1. The number of hydrogen-bond donors (Lipinski definition) is 3. The molecule has 0 bridgehead atoms. The topological polar surface area (TPSA) is 194 Å². The molecular weight excluding hydrogens is 829 g/mol. The van der Waals surface area contributed by atoms with E-state index in [4.69, 9.17) is 27.7 Å². The summed E-state index contributed by atoms with van der Waals surface area (Å²) in [7, 11) is 0.977. The lowest BCUT2D eigenvalue weighted by atomic mass is 9.87. The Balaban J connectivity index is 1.77. The monoisotopic (exact) mass is 914 g/mol. The van der Waals surface area contributed by atoms with Crippen LogP contribution in [0.15, 0.2) is 28.7 Å². The van der Waals surface area contributed by atoms with E-state index in [-0.39, 0.29) is 38.4 Å². The molecule has 0 amide bonds. The lowest BCUT2D eigenvalue weighted by Gasteiger charge is -2.36. The summed E-state index contributed by atoms with van der Waals surface area (Å²) in [5.74, 6) is 0.884. The van der Waals surface area contributed by atoms with Gasteiger partial charge in [0.25, 0.3) is 7.82 Å². The van der Waals surface area contributed by atoms with E-state index >= 15 is 0 Å². The van der Waals surface area contributed by atoms with Gasteiger partial charge in [0.15, 0.2) is 12.4 Å². The van der Waals surface area contributed by atoms with Crippen LogP contribution >= 0.6 is 7.82 Å². The largest absolute Gasteiger partial charge is 0.756 e. The van der Waals surface area contributed by atoms with E-state index in [1.807, 2.05) is 33.3 Å². The molecule has 14 nitrogen and oxygen atoms in total. The van der Waals surface area contributed by atoms with Crippen LogP contribution in [0.2, 0.25) is 0 Å². The van der Waals surface area contributed by atoms with Gasteiger partial charge < -0.3 is 52.4 Å². The summed E-state index contributed by atoms with van der Waals surface area (Å²) in [4.78, 5) is 37.9. The highest BCUT2D eigenvalue weighted by Crippen LogP contribution is 2.38. The predicted octanol–water partition coefficient (Wildman–Crippen LogP) is 8.26. The van der Waals surface area contributed by atoms with Crippen LogP contribution in [0.4, 0.5) is 0 Å². The second kappa shape index (κ2) is 31.5. The first-order valence-corrected chi connectivity index (χ1v) is 25.3. The number of aliphatic hydroxyl groups is 3. The molecule has 3 N–H and O–H groups in total. The average Bonchev–Trinajstić information content (AvgIpc) is 3.47. The number of aliphatic hydroxyl groups excluding tert-OH is 3. The Morgan fingerprint density at radius 2 is 1.49 bits per heavy atom. The van der Waals surface area contributed by atoms with Gasteiger partial charge in [-0.2, -0.15) is 0 Å². The highest BCUT2D eigenvalue weighted by atomic mass is 31.2. The molecule has 2 heterocycles. The van der Waals surface area contributed by atoms with Crippen LogP contribution in [0.3, 0.4) is 0 Å². The summed E-state index contributed by atoms with van der Waals surface area (Å²) >= 11 is 0. The molecule has 2 unspecified atom stereocenters. The van der Waals surface area contributed by atoms with E-state index in [1.54, 1.807) is 12.2 Å².